The maximum Gasteiger partial charge on any atom is 0.331 e. The molecule has 0 saturated heterocycles. The molecule has 1 N–H and O–H groups in total. The topological polar surface area (TPSA) is 107 Å². The van der Waals surface area contributed by atoms with Gasteiger partial charge in [0.2, 0.25) is 15.9 Å². The number of esters is 1. The van der Waals surface area contributed by atoms with Crippen LogP contribution >= 0.6 is 11.8 Å². The lowest BCUT2D eigenvalue weighted by Gasteiger charge is -2.21. The highest BCUT2D eigenvalue weighted by Gasteiger charge is 2.31. The standard InChI is InChI=1S/C35H31N3O5S2/c1-22(2)33(38-45(40,41)27-16-13-23(3)14-17-27)35(39)43-34-26(19-24-9-5-4-6-10-24)20-28(36-37-34)25-15-18-30-32(21-25)44-31-12-8-7-11-29(31)42-30/h4-18,20-22,33,38H,19H2,1-3H3. The van der Waals surface area contributed by atoms with Gasteiger partial charge in [-0.1, -0.05) is 85.8 Å². The Balaban J connectivity index is 1.29. The van der Waals surface area contributed by atoms with E-state index in [4.69, 9.17) is 9.47 Å². The summed E-state index contributed by atoms with van der Waals surface area (Å²) in [6.07, 6.45) is 0.420. The Kier molecular flexibility index (Phi) is 8.71. The van der Waals surface area contributed by atoms with Crippen LogP contribution in [-0.2, 0) is 21.2 Å². The van der Waals surface area contributed by atoms with Crippen molar-refractivity contribution in [3.63, 3.8) is 0 Å². The van der Waals surface area contributed by atoms with E-state index in [9.17, 15) is 13.2 Å². The molecular weight excluding hydrogens is 607 g/mol. The Morgan fingerprint density at radius 2 is 1.58 bits per heavy atom. The van der Waals surface area contributed by atoms with E-state index >= 15 is 0 Å². The molecule has 0 bridgehead atoms. The Morgan fingerprint density at radius 1 is 0.867 bits per heavy atom. The van der Waals surface area contributed by atoms with Gasteiger partial charge in [0.15, 0.2) is 0 Å². The second-order valence-electron chi connectivity index (χ2n) is 11.1. The summed E-state index contributed by atoms with van der Waals surface area (Å²) in [5, 5.41) is 8.75. The number of nitrogens with zero attached hydrogens (tertiary/aromatic N) is 2. The fourth-order valence-electron chi connectivity index (χ4n) is 4.84. The number of sulfonamides is 1. The number of hydrogen-bond donors (Lipinski definition) is 1. The summed E-state index contributed by atoms with van der Waals surface area (Å²) >= 11 is 1.62. The Bertz CT molecular complexity index is 1960. The van der Waals surface area contributed by atoms with E-state index in [1.807, 2.05) is 85.8 Å². The number of ether oxygens (including phenoxy) is 2. The fourth-order valence-corrected chi connectivity index (χ4v) is 7.17. The number of carbonyl (C=O) groups is 1. The van der Waals surface area contributed by atoms with Gasteiger partial charge in [0.25, 0.3) is 0 Å². The summed E-state index contributed by atoms with van der Waals surface area (Å²) in [5.74, 6) is 0.441. The second kappa shape index (κ2) is 12.8. The van der Waals surface area contributed by atoms with Crippen LogP contribution in [0.1, 0.15) is 30.5 Å². The molecule has 5 aromatic rings. The van der Waals surface area contributed by atoms with Crippen LogP contribution in [0.15, 0.2) is 118 Å². The third kappa shape index (κ3) is 6.93. The van der Waals surface area contributed by atoms with Crippen molar-refractivity contribution in [2.45, 2.75) is 47.9 Å². The number of fused-ring (bicyclic) bond motifs is 2. The van der Waals surface area contributed by atoms with Gasteiger partial charge in [0, 0.05) is 17.5 Å². The van der Waals surface area contributed by atoms with Crippen molar-refractivity contribution in [2.75, 3.05) is 0 Å². The largest absolute Gasteiger partial charge is 0.455 e. The fraction of sp³-hybridized carbons (Fsp3) is 0.171. The molecule has 0 aliphatic carbocycles. The average molecular weight is 638 g/mol. The zero-order valence-electron chi connectivity index (χ0n) is 24.9. The van der Waals surface area contributed by atoms with E-state index in [1.54, 1.807) is 37.7 Å². The molecular formula is C35H31N3O5S2. The van der Waals surface area contributed by atoms with Crippen molar-refractivity contribution in [3.05, 3.63) is 120 Å². The van der Waals surface area contributed by atoms with E-state index in [0.29, 0.717) is 17.7 Å². The zero-order chi connectivity index (χ0) is 31.6. The van der Waals surface area contributed by atoms with E-state index in [1.165, 1.54) is 12.1 Å². The van der Waals surface area contributed by atoms with Crippen molar-refractivity contribution in [1.82, 2.24) is 14.9 Å². The number of rotatable bonds is 9. The van der Waals surface area contributed by atoms with Crippen LogP contribution in [0.25, 0.3) is 11.3 Å². The minimum absolute atomic E-state index is 0.0254. The number of aryl methyl sites for hydroxylation is 1. The molecule has 4 aromatic carbocycles. The molecule has 1 aliphatic rings. The van der Waals surface area contributed by atoms with Gasteiger partial charge in [0.05, 0.1) is 20.4 Å². The zero-order valence-corrected chi connectivity index (χ0v) is 26.6. The first-order valence-electron chi connectivity index (χ1n) is 14.5. The molecule has 1 aromatic heterocycles. The minimum Gasteiger partial charge on any atom is -0.455 e. The Morgan fingerprint density at radius 3 is 2.33 bits per heavy atom. The number of benzene rings is 4. The molecule has 0 fully saturated rings. The van der Waals surface area contributed by atoms with E-state index in [-0.39, 0.29) is 10.8 Å². The van der Waals surface area contributed by atoms with Gasteiger partial charge in [-0.15, -0.1) is 10.2 Å². The number of nitrogens with one attached hydrogen (secondary N) is 1. The molecule has 10 heteroatoms. The maximum absolute atomic E-state index is 13.5. The lowest BCUT2D eigenvalue weighted by molar-refractivity contribution is -0.137. The number of para-hydroxylation sites is 1. The second-order valence-corrected chi connectivity index (χ2v) is 13.9. The van der Waals surface area contributed by atoms with E-state index in [0.717, 1.165) is 38.0 Å². The number of aromatic nitrogens is 2. The normalized spacial score (nSPS) is 13.0. The highest BCUT2D eigenvalue weighted by atomic mass is 32.2. The molecule has 1 unspecified atom stereocenters. The highest BCUT2D eigenvalue weighted by Crippen LogP contribution is 2.47. The Labute approximate surface area is 266 Å². The SMILES string of the molecule is Cc1ccc(S(=O)(=O)NC(C(=O)Oc2nnc(-c3ccc4c(c3)Sc3ccccc3O4)cc2Cc2ccccc2)C(C)C)cc1. The summed E-state index contributed by atoms with van der Waals surface area (Å²) in [6, 6.07) is 30.6. The lowest BCUT2D eigenvalue weighted by atomic mass is 10.0. The first-order valence-corrected chi connectivity index (χ1v) is 16.8. The van der Waals surface area contributed by atoms with E-state index < -0.39 is 28.0 Å². The van der Waals surface area contributed by atoms with Crippen LogP contribution in [0, 0.1) is 12.8 Å². The van der Waals surface area contributed by atoms with Crippen molar-refractivity contribution < 1.29 is 22.7 Å². The molecule has 1 aliphatic heterocycles. The molecule has 2 heterocycles. The van der Waals surface area contributed by atoms with Crippen LogP contribution in [0.5, 0.6) is 17.4 Å². The molecule has 1 atom stereocenters. The summed E-state index contributed by atoms with van der Waals surface area (Å²) in [4.78, 5) is 15.6. The Hall–Kier alpha value is -4.51. The number of hydrogen-bond acceptors (Lipinski definition) is 8. The molecule has 0 saturated carbocycles. The molecule has 228 valence electrons. The summed E-state index contributed by atoms with van der Waals surface area (Å²) in [5.41, 5.74) is 3.98. The average Bonchev–Trinajstić information content (AvgIpc) is 3.03. The van der Waals surface area contributed by atoms with Crippen LogP contribution in [0.4, 0.5) is 0 Å². The van der Waals surface area contributed by atoms with Crippen molar-refractivity contribution in [3.8, 4) is 28.6 Å². The van der Waals surface area contributed by atoms with Gasteiger partial charge >= 0.3 is 5.97 Å². The predicted molar refractivity (Wildman–Crippen MR) is 173 cm³/mol. The summed E-state index contributed by atoms with van der Waals surface area (Å²) in [7, 11) is -3.99. The van der Waals surface area contributed by atoms with Crippen LogP contribution < -0.4 is 14.2 Å². The molecule has 0 spiro atoms. The van der Waals surface area contributed by atoms with Crippen LogP contribution in [0.3, 0.4) is 0 Å². The van der Waals surface area contributed by atoms with Gasteiger partial charge in [-0.3, -0.25) is 0 Å². The van der Waals surface area contributed by atoms with Crippen LogP contribution in [0.2, 0.25) is 0 Å². The summed E-state index contributed by atoms with van der Waals surface area (Å²) in [6.45, 7) is 5.37. The molecule has 8 nitrogen and oxygen atoms in total. The molecule has 6 rings (SSSR count). The van der Waals surface area contributed by atoms with Crippen molar-refractivity contribution in [2.24, 2.45) is 5.92 Å². The first kappa shape index (κ1) is 30.5. The van der Waals surface area contributed by atoms with Gasteiger partial charge in [-0.2, -0.15) is 4.72 Å². The van der Waals surface area contributed by atoms with Gasteiger partial charge in [-0.05, 0) is 66.9 Å². The van der Waals surface area contributed by atoms with Crippen LogP contribution in [-0.4, -0.2) is 30.6 Å². The van der Waals surface area contributed by atoms with E-state index in [2.05, 4.69) is 14.9 Å². The quantitative estimate of drug-likeness (QED) is 0.166. The molecule has 0 radical (unpaired) electrons. The lowest BCUT2D eigenvalue weighted by Crippen LogP contribution is -2.46. The monoisotopic (exact) mass is 637 g/mol. The summed E-state index contributed by atoms with van der Waals surface area (Å²) < 4.78 is 40.7. The smallest absolute Gasteiger partial charge is 0.331 e. The van der Waals surface area contributed by atoms with Gasteiger partial charge in [0.1, 0.15) is 17.5 Å². The number of carbonyl (C=O) groups excluding carboxylic acids is 1. The minimum atomic E-state index is -3.99. The van der Waals surface area contributed by atoms with Crippen molar-refractivity contribution >= 4 is 27.8 Å². The predicted octanol–water partition coefficient (Wildman–Crippen LogP) is 7.21. The maximum atomic E-state index is 13.5. The van der Waals surface area contributed by atoms with Gasteiger partial charge in [-0.25, -0.2) is 13.2 Å². The first-order chi connectivity index (χ1) is 21.7. The third-order valence-corrected chi connectivity index (χ3v) is 9.88. The van der Waals surface area contributed by atoms with Gasteiger partial charge < -0.3 is 9.47 Å². The van der Waals surface area contributed by atoms with Crippen molar-refractivity contribution in [1.29, 1.82) is 0 Å². The highest BCUT2D eigenvalue weighted by molar-refractivity contribution is 7.99. The molecule has 45 heavy (non-hydrogen) atoms. The third-order valence-electron chi connectivity index (χ3n) is 7.33. The molecule has 0 amide bonds.